The highest BCUT2D eigenvalue weighted by Crippen LogP contribution is 2.42. The van der Waals surface area contributed by atoms with Crippen LogP contribution >= 0.6 is 0 Å². The van der Waals surface area contributed by atoms with Crippen LogP contribution in [0.3, 0.4) is 0 Å². The largest absolute Gasteiger partial charge is 0.497 e. The average molecular weight is 262 g/mol. The molecule has 0 saturated heterocycles. The van der Waals surface area contributed by atoms with Gasteiger partial charge in [-0.3, -0.25) is 11.3 Å². The molecule has 2 rings (SSSR count). The third-order valence-corrected chi connectivity index (χ3v) is 4.49. The minimum Gasteiger partial charge on any atom is -0.497 e. The van der Waals surface area contributed by atoms with E-state index in [9.17, 15) is 0 Å². The highest BCUT2D eigenvalue weighted by atomic mass is 16.5. The van der Waals surface area contributed by atoms with E-state index in [1.54, 1.807) is 7.11 Å². The lowest BCUT2D eigenvalue weighted by Crippen LogP contribution is -2.36. The Bertz CT molecular complexity index is 407. The smallest absolute Gasteiger partial charge is 0.119 e. The van der Waals surface area contributed by atoms with Crippen LogP contribution in [0.15, 0.2) is 24.3 Å². The molecule has 0 bridgehead atoms. The van der Waals surface area contributed by atoms with Gasteiger partial charge in [0.1, 0.15) is 5.75 Å². The molecule has 1 aliphatic rings. The molecular weight excluding hydrogens is 236 g/mol. The van der Waals surface area contributed by atoms with Crippen LogP contribution in [0, 0.1) is 11.3 Å². The summed E-state index contributed by atoms with van der Waals surface area (Å²) >= 11 is 0. The zero-order valence-electron chi connectivity index (χ0n) is 12.3. The number of hydrazine groups is 1. The molecule has 3 nitrogen and oxygen atoms in total. The minimum atomic E-state index is 0.228. The first kappa shape index (κ1) is 14.4. The van der Waals surface area contributed by atoms with E-state index in [2.05, 4.69) is 31.4 Å². The number of rotatable bonds is 4. The molecular formula is C16H26N2O. The van der Waals surface area contributed by atoms with E-state index in [-0.39, 0.29) is 6.04 Å². The molecule has 1 aliphatic carbocycles. The Morgan fingerprint density at radius 3 is 2.58 bits per heavy atom. The number of hydrogen-bond acceptors (Lipinski definition) is 3. The predicted octanol–water partition coefficient (Wildman–Crippen LogP) is 3.42. The molecule has 0 heterocycles. The summed E-state index contributed by atoms with van der Waals surface area (Å²) in [5.74, 6) is 7.32. The number of methoxy groups -OCH3 is 1. The van der Waals surface area contributed by atoms with E-state index in [1.165, 1.54) is 31.2 Å². The molecule has 1 atom stereocenters. The topological polar surface area (TPSA) is 47.3 Å². The van der Waals surface area contributed by atoms with Gasteiger partial charge in [-0.15, -0.1) is 0 Å². The van der Waals surface area contributed by atoms with Crippen LogP contribution in [0.25, 0.3) is 0 Å². The highest BCUT2D eigenvalue weighted by molar-refractivity contribution is 5.31. The van der Waals surface area contributed by atoms with E-state index in [1.807, 2.05) is 12.1 Å². The maximum Gasteiger partial charge on any atom is 0.119 e. The Balaban J connectivity index is 2.11. The normalized spacial score (nSPS) is 21.1. The van der Waals surface area contributed by atoms with Crippen molar-refractivity contribution in [3.05, 3.63) is 29.8 Å². The van der Waals surface area contributed by atoms with Gasteiger partial charge in [-0.2, -0.15) is 0 Å². The van der Waals surface area contributed by atoms with Crippen LogP contribution in [0.2, 0.25) is 0 Å². The Hall–Kier alpha value is -1.06. The molecule has 106 valence electrons. The highest BCUT2D eigenvalue weighted by Gasteiger charge is 2.31. The van der Waals surface area contributed by atoms with Crippen LogP contribution in [-0.4, -0.2) is 7.11 Å². The minimum absolute atomic E-state index is 0.228. The van der Waals surface area contributed by atoms with Gasteiger partial charge in [0.15, 0.2) is 0 Å². The van der Waals surface area contributed by atoms with Crippen molar-refractivity contribution in [2.75, 3.05) is 7.11 Å². The molecule has 19 heavy (non-hydrogen) atoms. The van der Waals surface area contributed by atoms with Crippen LogP contribution in [-0.2, 0) is 0 Å². The van der Waals surface area contributed by atoms with Crippen LogP contribution < -0.4 is 16.0 Å². The van der Waals surface area contributed by atoms with Gasteiger partial charge in [0.25, 0.3) is 0 Å². The van der Waals surface area contributed by atoms with Gasteiger partial charge in [0.05, 0.1) is 7.11 Å². The lowest BCUT2D eigenvalue weighted by molar-refractivity contribution is 0.161. The fourth-order valence-electron chi connectivity index (χ4n) is 3.09. The maximum absolute atomic E-state index is 5.80. The van der Waals surface area contributed by atoms with Crippen molar-refractivity contribution in [2.45, 2.75) is 45.6 Å². The summed E-state index contributed by atoms with van der Waals surface area (Å²) in [6.45, 7) is 4.72. The van der Waals surface area contributed by atoms with Crippen molar-refractivity contribution in [2.24, 2.45) is 17.2 Å². The Labute approximate surface area is 116 Å². The number of ether oxygens (including phenoxy) is 1. The second-order valence-electron chi connectivity index (χ2n) is 6.42. The molecule has 1 aromatic rings. The molecule has 1 unspecified atom stereocenters. The summed E-state index contributed by atoms with van der Waals surface area (Å²) < 4.78 is 5.30. The number of nitrogens with two attached hydrogens (primary N) is 1. The monoisotopic (exact) mass is 262 g/mol. The van der Waals surface area contributed by atoms with Crippen molar-refractivity contribution >= 4 is 0 Å². The van der Waals surface area contributed by atoms with Crippen molar-refractivity contribution < 1.29 is 4.74 Å². The van der Waals surface area contributed by atoms with E-state index in [0.29, 0.717) is 11.3 Å². The molecule has 0 aliphatic heterocycles. The molecule has 1 aromatic carbocycles. The van der Waals surface area contributed by atoms with Gasteiger partial charge in [-0.1, -0.05) is 26.0 Å². The van der Waals surface area contributed by atoms with E-state index >= 15 is 0 Å². The fraction of sp³-hybridized carbons (Fsp3) is 0.625. The van der Waals surface area contributed by atoms with E-state index in [0.717, 1.165) is 5.75 Å². The molecule has 0 spiro atoms. The molecule has 3 heteroatoms. The lowest BCUT2D eigenvalue weighted by atomic mass is 9.70. The third-order valence-electron chi connectivity index (χ3n) is 4.49. The summed E-state index contributed by atoms with van der Waals surface area (Å²) in [5, 5.41) is 0. The Morgan fingerprint density at radius 1 is 1.32 bits per heavy atom. The quantitative estimate of drug-likeness (QED) is 0.645. The average Bonchev–Trinajstić information content (AvgIpc) is 2.41. The second kappa shape index (κ2) is 5.93. The van der Waals surface area contributed by atoms with Gasteiger partial charge in [0, 0.05) is 6.04 Å². The van der Waals surface area contributed by atoms with Crippen LogP contribution in [0.5, 0.6) is 5.75 Å². The summed E-state index contributed by atoms with van der Waals surface area (Å²) in [7, 11) is 1.70. The maximum atomic E-state index is 5.80. The van der Waals surface area contributed by atoms with Gasteiger partial charge in [-0.05, 0) is 54.7 Å². The van der Waals surface area contributed by atoms with Gasteiger partial charge < -0.3 is 4.74 Å². The fourth-order valence-corrected chi connectivity index (χ4v) is 3.09. The Morgan fingerprint density at radius 2 is 2.00 bits per heavy atom. The Kier molecular flexibility index (Phi) is 4.48. The zero-order valence-corrected chi connectivity index (χ0v) is 12.3. The number of benzene rings is 1. The summed E-state index contributed by atoms with van der Waals surface area (Å²) in [5.41, 5.74) is 4.73. The molecule has 0 aromatic heterocycles. The SMILES string of the molecule is COc1cccc(C(NN)C2CCC(C)(C)CC2)c1. The lowest BCUT2D eigenvalue weighted by Gasteiger charge is -2.38. The summed E-state index contributed by atoms with van der Waals surface area (Å²) in [4.78, 5) is 0. The summed E-state index contributed by atoms with van der Waals surface area (Å²) in [6, 6.07) is 8.45. The predicted molar refractivity (Wildman–Crippen MR) is 78.8 cm³/mol. The zero-order chi connectivity index (χ0) is 13.9. The van der Waals surface area contributed by atoms with Crippen LogP contribution in [0.1, 0.15) is 51.1 Å². The van der Waals surface area contributed by atoms with Gasteiger partial charge in [-0.25, -0.2) is 0 Å². The second-order valence-corrected chi connectivity index (χ2v) is 6.42. The molecule has 3 N–H and O–H groups in total. The number of nitrogens with one attached hydrogen (secondary N) is 1. The van der Waals surface area contributed by atoms with Gasteiger partial charge in [0.2, 0.25) is 0 Å². The van der Waals surface area contributed by atoms with Crippen molar-refractivity contribution in [1.82, 2.24) is 5.43 Å². The van der Waals surface area contributed by atoms with Crippen molar-refractivity contribution in [1.29, 1.82) is 0 Å². The first-order chi connectivity index (χ1) is 9.05. The van der Waals surface area contributed by atoms with E-state index < -0.39 is 0 Å². The molecule has 0 radical (unpaired) electrons. The third kappa shape index (κ3) is 3.48. The van der Waals surface area contributed by atoms with Crippen LogP contribution in [0.4, 0.5) is 0 Å². The van der Waals surface area contributed by atoms with Crippen molar-refractivity contribution in [3.63, 3.8) is 0 Å². The number of hydrogen-bond donors (Lipinski definition) is 2. The first-order valence-corrected chi connectivity index (χ1v) is 7.16. The molecule has 0 amide bonds. The summed E-state index contributed by atoms with van der Waals surface area (Å²) in [6.07, 6.45) is 5.03. The molecule has 1 fully saturated rings. The van der Waals surface area contributed by atoms with Crippen molar-refractivity contribution in [3.8, 4) is 5.75 Å². The standard InChI is InChI=1S/C16H26N2O/c1-16(2)9-7-12(8-10-16)15(18-17)13-5-4-6-14(11-13)19-3/h4-6,11-12,15,18H,7-10,17H2,1-3H3. The van der Waals surface area contributed by atoms with Gasteiger partial charge >= 0.3 is 0 Å². The first-order valence-electron chi connectivity index (χ1n) is 7.16. The molecule has 1 saturated carbocycles. The van der Waals surface area contributed by atoms with E-state index in [4.69, 9.17) is 10.6 Å².